The molecule has 0 saturated heterocycles. The molecule has 0 unspecified atom stereocenters. The molecule has 8 nitrogen and oxygen atoms in total. The molecule has 0 aliphatic rings. The number of hydrogen-bond acceptors (Lipinski definition) is 6. The second-order valence-electron chi connectivity index (χ2n) is 6.00. The van der Waals surface area contributed by atoms with E-state index in [0.29, 0.717) is 23.1 Å². The Balaban J connectivity index is 1.83. The number of hydrogen-bond donors (Lipinski definition) is 2. The van der Waals surface area contributed by atoms with E-state index in [4.69, 9.17) is 4.52 Å². The average molecular weight is 340 g/mol. The van der Waals surface area contributed by atoms with Crippen LogP contribution >= 0.6 is 0 Å². The van der Waals surface area contributed by atoms with Gasteiger partial charge in [-0.15, -0.1) is 0 Å². The highest BCUT2D eigenvalue weighted by Gasteiger charge is 2.26. The van der Waals surface area contributed by atoms with Crippen molar-refractivity contribution in [3.05, 3.63) is 47.6 Å². The summed E-state index contributed by atoms with van der Waals surface area (Å²) < 4.78 is 5.34. The number of carbonyl (C=O) groups excluding carboxylic acids is 1. The predicted molar refractivity (Wildman–Crippen MR) is 90.5 cm³/mol. The van der Waals surface area contributed by atoms with Gasteiger partial charge in [0.15, 0.2) is 5.82 Å². The van der Waals surface area contributed by atoms with Gasteiger partial charge in [-0.3, -0.25) is 9.89 Å². The molecule has 25 heavy (non-hydrogen) atoms. The van der Waals surface area contributed by atoms with E-state index < -0.39 is 6.04 Å². The molecule has 0 aliphatic carbocycles. The fourth-order valence-corrected chi connectivity index (χ4v) is 2.55. The SMILES string of the molecule is CCc1ccccc1C(=O)N[C@@H](c1nc(-c2ncn[nH]2)no1)C(C)C. The van der Waals surface area contributed by atoms with E-state index in [0.717, 1.165) is 12.0 Å². The van der Waals surface area contributed by atoms with Gasteiger partial charge in [0.2, 0.25) is 11.7 Å². The van der Waals surface area contributed by atoms with E-state index in [1.54, 1.807) is 0 Å². The van der Waals surface area contributed by atoms with Gasteiger partial charge in [-0.2, -0.15) is 10.1 Å². The first-order valence-corrected chi connectivity index (χ1v) is 8.18. The van der Waals surface area contributed by atoms with Gasteiger partial charge >= 0.3 is 0 Å². The van der Waals surface area contributed by atoms with Gasteiger partial charge in [-0.05, 0) is 24.0 Å². The number of nitrogens with one attached hydrogen (secondary N) is 2. The molecule has 3 rings (SSSR count). The number of amides is 1. The van der Waals surface area contributed by atoms with Crippen LogP contribution in [-0.2, 0) is 6.42 Å². The fraction of sp³-hybridized carbons (Fsp3) is 0.353. The Bertz CT molecular complexity index is 840. The summed E-state index contributed by atoms with van der Waals surface area (Å²) in [5.74, 6) is 0.974. The van der Waals surface area contributed by atoms with E-state index in [1.165, 1.54) is 6.33 Å². The molecular formula is C17H20N6O2. The van der Waals surface area contributed by atoms with Crippen LogP contribution in [0.4, 0.5) is 0 Å². The lowest BCUT2D eigenvalue weighted by molar-refractivity contribution is 0.0913. The molecule has 1 amide bonds. The lowest BCUT2D eigenvalue weighted by Crippen LogP contribution is -2.32. The molecule has 0 fully saturated rings. The van der Waals surface area contributed by atoms with E-state index in [2.05, 4.69) is 30.6 Å². The van der Waals surface area contributed by atoms with Crippen LogP contribution in [0.1, 0.15) is 48.6 Å². The lowest BCUT2D eigenvalue weighted by Gasteiger charge is -2.19. The molecule has 2 N–H and O–H groups in total. The van der Waals surface area contributed by atoms with Crippen LogP contribution in [0, 0.1) is 5.92 Å². The maximum absolute atomic E-state index is 12.7. The fourth-order valence-electron chi connectivity index (χ4n) is 2.55. The van der Waals surface area contributed by atoms with Crippen LogP contribution in [0.25, 0.3) is 11.6 Å². The van der Waals surface area contributed by atoms with Crippen molar-refractivity contribution < 1.29 is 9.32 Å². The summed E-state index contributed by atoms with van der Waals surface area (Å²) in [5, 5.41) is 13.4. The maximum atomic E-state index is 12.7. The van der Waals surface area contributed by atoms with E-state index >= 15 is 0 Å². The highest BCUT2D eigenvalue weighted by molar-refractivity contribution is 5.95. The van der Waals surface area contributed by atoms with Crippen molar-refractivity contribution in [3.8, 4) is 11.6 Å². The van der Waals surface area contributed by atoms with Crippen LogP contribution in [0.15, 0.2) is 35.1 Å². The van der Waals surface area contributed by atoms with Crippen LogP contribution in [0.2, 0.25) is 0 Å². The number of aryl methyl sites for hydroxylation is 1. The first-order valence-electron chi connectivity index (χ1n) is 8.18. The number of aromatic amines is 1. The Morgan fingerprint density at radius 2 is 2.12 bits per heavy atom. The quantitative estimate of drug-likeness (QED) is 0.713. The van der Waals surface area contributed by atoms with Crippen molar-refractivity contribution in [2.24, 2.45) is 5.92 Å². The van der Waals surface area contributed by atoms with Crippen LogP contribution < -0.4 is 5.32 Å². The number of aromatic nitrogens is 5. The molecule has 0 saturated carbocycles. The summed E-state index contributed by atoms with van der Waals surface area (Å²) in [6.45, 7) is 5.98. The minimum Gasteiger partial charge on any atom is -0.340 e. The number of H-pyrrole nitrogens is 1. The lowest BCUT2D eigenvalue weighted by atomic mass is 10.0. The van der Waals surface area contributed by atoms with Gasteiger partial charge in [0.25, 0.3) is 5.91 Å². The van der Waals surface area contributed by atoms with Crippen molar-refractivity contribution in [2.45, 2.75) is 33.2 Å². The van der Waals surface area contributed by atoms with Crippen molar-refractivity contribution in [3.63, 3.8) is 0 Å². The standard InChI is InChI=1S/C17H20N6O2/c1-4-11-7-5-6-8-12(11)16(24)20-13(10(2)3)17-21-15(23-25-17)14-18-9-19-22-14/h5-10,13H,4H2,1-3H3,(H,20,24)(H,18,19,22)/t13-/m1/s1. The molecule has 0 aliphatic heterocycles. The first-order chi connectivity index (χ1) is 12.1. The van der Waals surface area contributed by atoms with Gasteiger partial charge in [0.05, 0.1) is 0 Å². The monoisotopic (exact) mass is 340 g/mol. The smallest absolute Gasteiger partial charge is 0.252 e. The van der Waals surface area contributed by atoms with E-state index in [-0.39, 0.29) is 11.8 Å². The number of rotatable bonds is 6. The third-order valence-corrected chi connectivity index (χ3v) is 3.93. The van der Waals surface area contributed by atoms with Crippen LogP contribution in [0.3, 0.4) is 0 Å². The molecule has 3 aromatic rings. The summed E-state index contributed by atoms with van der Waals surface area (Å²) in [4.78, 5) is 21.1. The van der Waals surface area contributed by atoms with Crippen molar-refractivity contribution in [1.29, 1.82) is 0 Å². The topological polar surface area (TPSA) is 110 Å². The summed E-state index contributed by atoms with van der Waals surface area (Å²) in [6.07, 6.45) is 2.15. The highest BCUT2D eigenvalue weighted by Crippen LogP contribution is 2.23. The Kier molecular flexibility index (Phi) is 4.87. The molecule has 1 atom stereocenters. The Morgan fingerprint density at radius 3 is 2.80 bits per heavy atom. The largest absolute Gasteiger partial charge is 0.340 e. The van der Waals surface area contributed by atoms with Crippen LogP contribution in [0.5, 0.6) is 0 Å². The third kappa shape index (κ3) is 3.57. The third-order valence-electron chi connectivity index (χ3n) is 3.93. The Labute approximate surface area is 145 Å². The predicted octanol–water partition coefficient (Wildman–Crippen LogP) is 2.54. The maximum Gasteiger partial charge on any atom is 0.252 e. The van der Waals surface area contributed by atoms with Gasteiger partial charge in [0, 0.05) is 5.56 Å². The second-order valence-corrected chi connectivity index (χ2v) is 6.00. The summed E-state index contributed by atoms with van der Waals surface area (Å²) in [5.41, 5.74) is 1.65. The highest BCUT2D eigenvalue weighted by atomic mass is 16.5. The number of benzene rings is 1. The molecule has 2 heterocycles. The Hall–Kier alpha value is -3.03. The van der Waals surface area contributed by atoms with E-state index in [1.807, 2.05) is 45.0 Å². The molecule has 0 bridgehead atoms. The minimum absolute atomic E-state index is 0.0702. The molecule has 130 valence electrons. The minimum atomic E-state index is -0.401. The van der Waals surface area contributed by atoms with Gasteiger partial charge in [-0.25, -0.2) is 4.98 Å². The summed E-state index contributed by atoms with van der Waals surface area (Å²) >= 11 is 0. The number of carbonyl (C=O) groups is 1. The van der Waals surface area contributed by atoms with Gasteiger partial charge in [0.1, 0.15) is 12.4 Å². The zero-order valence-electron chi connectivity index (χ0n) is 14.4. The molecule has 0 radical (unpaired) electrons. The number of nitrogens with zero attached hydrogens (tertiary/aromatic N) is 4. The first kappa shape index (κ1) is 16.8. The van der Waals surface area contributed by atoms with Gasteiger partial charge in [-0.1, -0.05) is 44.1 Å². The van der Waals surface area contributed by atoms with Crippen molar-refractivity contribution >= 4 is 5.91 Å². The van der Waals surface area contributed by atoms with Crippen molar-refractivity contribution in [2.75, 3.05) is 0 Å². The summed E-state index contributed by atoms with van der Waals surface area (Å²) in [6, 6.07) is 7.15. The zero-order valence-corrected chi connectivity index (χ0v) is 14.4. The van der Waals surface area contributed by atoms with Crippen LogP contribution in [-0.4, -0.2) is 31.2 Å². The van der Waals surface area contributed by atoms with E-state index in [9.17, 15) is 4.79 Å². The molecule has 1 aromatic carbocycles. The molecule has 2 aromatic heterocycles. The van der Waals surface area contributed by atoms with Gasteiger partial charge < -0.3 is 9.84 Å². The molecule has 0 spiro atoms. The average Bonchev–Trinajstić information content (AvgIpc) is 3.30. The second kappa shape index (κ2) is 7.25. The zero-order chi connectivity index (χ0) is 17.8. The summed E-state index contributed by atoms with van der Waals surface area (Å²) in [7, 11) is 0. The Morgan fingerprint density at radius 1 is 1.32 bits per heavy atom. The molecular weight excluding hydrogens is 320 g/mol. The van der Waals surface area contributed by atoms with Crippen molar-refractivity contribution in [1.82, 2.24) is 30.6 Å². The molecule has 8 heteroatoms. The normalized spacial score (nSPS) is 12.3.